The third-order valence-electron chi connectivity index (χ3n) is 4.22. The Kier molecular flexibility index (Phi) is 5.77. The van der Waals surface area contributed by atoms with Crippen molar-refractivity contribution < 1.29 is 4.39 Å². The topological polar surface area (TPSA) is 65.4 Å². The van der Waals surface area contributed by atoms with Crippen LogP contribution in [0, 0.1) is 5.82 Å². The Morgan fingerprint density at radius 3 is 3.00 bits per heavy atom. The van der Waals surface area contributed by atoms with Gasteiger partial charge in [0.1, 0.15) is 0 Å². The molecule has 6 nitrogen and oxygen atoms in total. The molecule has 0 amide bonds. The first-order valence-corrected chi connectivity index (χ1v) is 8.48. The zero-order chi connectivity index (χ0) is 17.5. The maximum atomic E-state index is 13.9. The molecule has 2 aromatic heterocycles. The maximum Gasteiger partial charge on any atom is 0.191 e. The van der Waals surface area contributed by atoms with Crippen molar-refractivity contribution in [2.24, 2.45) is 4.99 Å². The molecule has 0 radical (unpaired) electrons. The highest BCUT2D eigenvalue weighted by atomic mass is 19.1. The molecular formula is C18H23FN6. The number of halogens is 1. The SMILES string of the molecule is CN=C(NCCc1cccnc1)NC1CCN(c2ncccc2F)C1. The summed E-state index contributed by atoms with van der Waals surface area (Å²) in [6.07, 6.45) is 7.06. The van der Waals surface area contributed by atoms with Crippen LogP contribution in [0.25, 0.3) is 0 Å². The van der Waals surface area contributed by atoms with Crippen molar-refractivity contribution in [3.05, 3.63) is 54.2 Å². The average Bonchev–Trinajstić information content (AvgIpc) is 3.10. The van der Waals surface area contributed by atoms with Crippen LogP contribution in [0.3, 0.4) is 0 Å². The monoisotopic (exact) mass is 342 g/mol. The Labute approximate surface area is 147 Å². The molecule has 0 aliphatic carbocycles. The molecule has 1 aliphatic heterocycles. The number of hydrogen-bond acceptors (Lipinski definition) is 4. The van der Waals surface area contributed by atoms with Crippen molar-refractivity contribution in [2.75, 3.05) is 31.6 Å². The summed E-state index contributed by atoms with van der Waals surface area (Å²) in [5, 5.41) is 6.72. The highest BCUT2D eigenvalue weighted by Crippen LogP contribution is 2.20. The molecule has 1 atom stereocenters. The van der Waals surface area contributed by atoms with Crippen LogP contribution < -0.4 is 15.5 Å². The number of aliphatic imine (C=N–C) groups is 1. The number of nitrogens with one attached hydrogen (secondary N) is 2. The Balaban J connectivity index is 1.47. The van der Waals surface area contributed by atoms with E-state index in [9.17, 15) is 4.39 Å². The van der Waals surface area contributed by atoms with Crippen molar-refractivity contribution >= 4 is 11.8 Å². The van der Waals surface area contributed by atoms with Crippen LogP contribution in [0.1, 0.15) is 12.0 Å². The summed E-state index contributed by atoms with van der Waals surface area (Å²) in [5.41, 5.74) is 1.18. The molecule has 2 N–H and O–H groups in total. The molecular weight excluding hydrogens is 319 g/mol. The highest BCUT2D eigenvalue weighted by Gasteiger charge is 2.25. The number of guanidine groups is 1. The van der Waals surface area contributed by atoms with Crippen LogP contribution in [0.4, 0.5) is 10.2 Å². The van der Waals surface area contributed by atoms with Gasteiger partial charge in [-0.3, -0.25) is 9.98 Å². The molecule has 0 saturated carbocycles. The Morgan fingerprint density at radius 2 is 2.24 bits per heavy atom. The third-order valence-corrected chi connectivity index (χ3v) is 4.22. The number of rotatable bonds is 5. The predicted molar refractivity (Wildman–Crippen MR) is 97.3 cm³/mol. The average molecular weight is 342 g/mol. The summed E-state index contributed by atoms with van der Waals surface area (Å²) in [5.74, 6) is 0.908. The fourth-order valence-corrected chi connectivity index (χ4v) is 2.94. The maximum absolute atomic E-state index is 13.9. The second-order valence-corrected chi connectivity index (χ2v) is 6.00. The molecule has 0 bridgehead atoms. The minimum Gasteiger partial charge on any atom is -0.356 e. The van der Waals surface area contributed by atoms with E-state index in [0.29, 0.717) is 12.4 Å². The first-order valence-electron chi connectivity index (χ1n) is 8.48. The van der Waals surface area contributed by atoms with Gasteiger partial charge in [-0.1, -0.05) is 6.07 Å². The fourth-order valence-electron chi connectivity index (χ4n) is 2.94. The Morgan fingerprint density at radius 1 is 1.36 bits per heavy atom. The zero-order valence-electron chi connectivity index (χ0n) is 14.3. The summed E-state index contributed by atoms with van der Waals surface area (Å²) < 4.78 is 13.9. The van der Waals surface area contributed by atoms with Gasteiger partial charge in [-0.25, -0.2) is 9.37 Å². The zero-order valence-corrected chi connectivity index (χ0v) is 14.3. The Bertz CT molecular complexity index is 706. The standard InChI is InChI=1S/C18H23FN6/c1-20-18(23-10-6-14-4-2-8-21-12-14)24-15-7-11-25(13-15)17-16(19)5-3-9-22-17/h2-5,8-9,12,15H,6-7,10-11,13H2,1H3,(H2,20,23,24). The van der Waals surface area contributed by atoms with Gasteiger partial charge in [0.25, 0.3) is 0 Å². The van der Waals surface area contributed by atoms with Crippen molar-refractivity contribution in [1.29, 1.82) is 0 Å². The number of nitrogens with zero attached hydrogens (tertiary/aromatic N) is 4. The lowest BCUT2D eigenvalue weighted by Crippen LogP contribution is -2.45. The second-order valence-electron chi connectivity index (χ2n) is 6.00. The predicted octanol–water partition coefficient (Wildman–Crippen LogP) is 1.60. The van der Waals surface area contributed by atoms with E-state index in [4.69, 9.17) is 0 Å². The summed E-state index contributed by atoms with van der Waals surface area (Å²) in [4.78, 5) is 14.5. The van der Waals surface area contributed by atoms with E-state index in [0.717, 1.165) is 31.9 Å². The molecule has 2 aromatic rings. The normalized spacial score (nSPS) is 17.6. The summed E-state index contributed by atoms with van der Waals surface area (Å²) >= 11 is 0. The van der Waals surface area contributed by atoms with E-state index in [2.05, 4.69) is 31.7 Å². The number of pyridine rings is 2. The summed E-state index contributed by atoms with van der Waals surface area (Å²) in [6, 6.07) is 7.26. The molecule has 1 saturated heterocycles. The largest absolute Gasteiger partial charge is 0.356 e. The quantitative estimate of drug-likeness (QED) is 0.638. The fraction of sp³-hybridized carbons (Fsp3) is 0.389. The van der Waals surface area contributed by atoms with Gasteiger partial charge in [-0.15, -0.1) is 0 Å². The van der Waals surface area contributed by atoms with Crippen LogP contribution in [0.2, 0.25) is 0 Å². The molecule has 1 fully saturated rings. The molecule has 3 heterocycles. The van der Waals surface area contributed by atoms with Gasteiger partial charge in [0.2, 0.25) is 0 Å². The Hall–Kier alpha value is -2.70. The molecule has 25 heavy (non-hydrogen) atoms. The lowest BCUT2D eigenvalue weighted by atomic mass is 10.2. The van der Waals surface area contributed by atoms with Crippen LogP contribution in [0.5, 0.6) is 0 Å². The number of aromatic nitrogens is 2. The summed E-state index contributed by atoms with van der Waals surface area (Å²) in [7, 11) is 1.75. The van der Waals surface area contributed by atoms with Gasteiger partial charge in [0, 0.05) is 51.3 Å². The van der Waals surface area contributed by atoms with E-state index in [-0.39, 0.29) is 11.9 Å². The minimum atomic E-state index is -0.276. The van der Waals surface area contributed by atoms with Crippen LogP contribution >= 0.6 is 0 Å². The van der Waals surface area contributed by atoms with E-state index in [1.54, 1.807) is 25.5 Å². The van der Waals surface area contributed by atoms with E-state index < -0.39 is 0 Å². The van der Waals surface area contributed by atoms with Gasteiger partial charge in [-0.2, -0.15) is 0 Å². The van der Waals surface area contributed by atoms with Crippen molar-refractivity contribution in [2.45, 2.75) is 18.9 Å². The van der Waals surface area contributed by atoms with Gasteiger partial charge < -0.3 is 15.5 Å². The van der Waals surface area contributed by atoms with Crippen molar-refractivity contribution in [1.82, 2.24) is 20.6 Å². The van der Waals surface area contributed by atoms with E-state index >= 15 is 0 Å². The molecule has 1 aliphatic rings. The molecule has 132 valence electrons. The van der Waals surface area contributed by atoms with Crippen LogP contribution in [0.15, 0.2) is 47.8 Å². The first kappa shape index (κ1) is 17.1. The molecule has 0 spiro atoms. The van der Waals surface area contributed by atoms with Crippen molar-refractivity contribution in [3.8, 4) is 0 Å². The lowest BCUT2D eigenvalue weighted by Gasteiger charge is -2.20. The van der Waals surface area contributed by atoms with E-state index in [1.165, 1.54) is 11.6 Å². The van der Waals surface area contributed by atoms with Gasteiger partial charge in [0.15, 0.2) is 17.6 Å². The van der Waals surface area contributed by atoms with Crippen molar-refractivity contribution in [3.63, 3.8) is 0 Å². The number of anilines is 1. The van der Waals surface area contributed by atoms with E-state index in [1.807, 2.05) is 17.2 Å². The first-order chi connectivity index (χ1) is 12.3. The molecule has 7 heteroatoms. The van der Waals surface area contributed by atoms with Crippen LogP contribution in [-0.2, 0) is 6.42 Å². The van der Waals surface area contributed by atoms with Gasteiger partial charge in [-0.05, 0) is 36.6 Å². The molecule has 0 aromatic carbocycles. The minimum absolute atomic E-state index is 0.214. The smallest absolute Gasteiger partial charge is 0.191 e. The second kappa shape index (κ2) is 8.41. The number of hydrogen-bond donors (Lipinski definition) is 2. The summed E-state index contributed by atoms with van der Waals surface area (Å²) in [6.45, 7) is 2.26. The molecule has 3 rings (SSSR count). The molecule has 1 unspecified atom stereocenters. The van der Waals surface area contributed by atoms with Crippen LogP contribution in [-0.4, -0.2) is 48.7 Å². The van der Waals surface area contributed by atoms with Gasteiger partial charge >= 0.3 is 0 Å². The lowest BCUT2D eigenvalue weighted by molar-refractivity contribution is 0.612. The third kappa shape index (κ3) is 4.65. The van der Waals surface area contributed by atoms with Gasteiger partial charge in [0.05, 0.1) is 0 Å². The highest BCUT2D eigenvalue weighted by molar-refractivity contribution is 5.80.